The molecule has 0 radical (unpaired) electrons. The van der Waals surface area contributed by atoms with Gasteiger partial charge in [-0.05, 0) is 26.3 Å². The number of nitrogens with zero attached hydrogens (tertiary/aromatic N) is 2. The number of aliphatic hydroxyl groups is 1. The maximum Gasteiger partial charge on any atom is 0.107 e. The van der Waals surface area contributed by atoms with Gasteiger partial charge in [0.2, 0.25) is 0 Å². The van der Waals surface area contributed by atoms with E-state index in [0.717, 1.165) is 30.8 Å². The van der Waals surface area contributed by atoms with Crippen LogP contribution in [0.4, 0.5) is 0 Å². The first kappa shape index (κ1) is 14.6. The Labute approximate surface area is 108 Å². The Kier molecular flexibility index (Phi) is 5.56. The quantitative estimate of drug-likeness (QED) is 0.815. The van der Waals surface area contributed by atoms with E-state index in [1.807, 2.05) is 27.1 Å². The predicted molar refractivity (Wildman–Crippen MR) is 73.4 cm³/mol. The molecule has 4 heteroatoms. The Bertz CT molecular complexity index is 334. The molecule has 0 unspecified atom stereocenters. The van der Waals surface area contributed by atoms with Crippen molar-refractivity contribution >= 4 is 11.3 Å². The molecule has 0 fully saturated rings. The van der Waals surface area contributed by atoms with Crippen molar-refractivity contribution in [1.82, 2.24) is 9.88 Å². The first-order valence-electron chi connectivity index (χ1n) is 6.37. The number of hydrogen-bond donors (Lipinski definition) is 1. The van der Waals surface area contributed by atoms with Gasteiger partial charge in [0.25, 0.3) is 0 Å². The van der Waals surface area contributed by atoms with Gasteiger partial charge in [-0.1, -0.05) is 20.8 Å². The third kappa shape index (κ3) is 4.37. The van der Waals surface area contributed by atoms with E-state index >= 15 is 0 Å². The Morgan fingerprint density at radius 2 is 2.00 bits per heavy atom. The summed E-state index contributed by atoms with van der Waals surface area (Å²) >= 11 is 1.77. The largest absolute Gasteiger partial charge is 0.389 e. The fraction of sp³-hybridized carbons (Fsp3) is 0.769. The molecule has 17 heavy (non-hydrogen) atoms. The van der Waals surface area contributed by atoms with Crippen LogP contribution >= 0.6 is 11.3 Å². The fourth-order valence-electron chi connectivity index (χ4n) is 1.85. The molecule has 1 aromatic rings. The van der Waals surface area contributed by atoms with Crippen molar-refractivity contribution in [2.24, 2.45) is 0 Å². The molecule has 0 aliphatic rings. The van der Waals surface area contributed by atoms with Crippen molar-refractivity contribution in [3.8, 4) is 0 Å². The van der Waals surface area contributed by atoms with Gasteiger partial charge in [0.1, 0.15) is 5.01 Å². The van der Waals surface area contributed by atoms with E-state index in [4.69, 9.17) is 0 Å². The molecular formula is C13H24N2OS. The molecule has 0 bridgehead atoms. The smallest absolute Gasteiger partial charge is 0.107 e. The van der Waals surface area contributed by atoms with Gasteiger partial charge >= 0.3 is 0 Å². The molecule has 1 aromatic heterocycles. The van der Waals surface area contributed by atoms with E-state index in [9.17, 15) is 5.11 Å². The first-order valence-corrected chi connectivity index (χ1v) is 7.19. The van der Waals surface area contributed by atoms with Gasteiger partial charge in [-0.15, -0.1) is 11.3 Å². The normalized spacial score (nSPS) is 12.4. The molecule has 0 atom stereocenters. The molecular weight excluding hydrogens is 232 g/mol. The molecule has 0 aromatic carbocycles. The van der Waals surface area contributed by atoms with E-state index in [-0.39, 0.29) is 0 Å². The van der Waals surface area contributed by atoms with Gasteiger partial charge < -0.3 is 5.11 Å². The van der Waals surface area contributed by atoms with Gasteiger partial charge in [0, 0.05) is 17.6 Å². The molecule has 0 spiro atoms. The van der Waals surface area contributed by atoms with Crippen molar-refractivity contribution in [1.29, 1.82) is 0 Å². The maximum atomic E-state index is 10.3. The standard InChI is InChI=1S/C13H24N2OS/c1-5-11-8-14-12(17-11)9-15(4)10-13(16,6-2)7-3/h8,16H,5-7,9-10H2,1-4H3. The first-order chi connectivity index (χ1) is 8.03. The van der Waals surface area contributed by atoms with E-state index in [2.05, 4.69) is 16.8 Å². The molecule has 0 saturated heterocycles. The highest BCUT2D eigenvalue weighted by atomic mass is 32.1. The van der Waals surface area contributed by atoms with E-state index < -0.39 is 5.60 Å². The maximum absolute atomic E-state index is 10.3. The Hall–Kier alpha value is -0.450. The molecule has 1 heterocycles. The van der Waals surface area contributed by atoms with Crippen molar-refractivity contribution < 1.29 is 5.11 Å². The number of aromatic nitrogens is 1. The van der Waals surface area contributed by atoms with Gasteiger partial charge in [0.15, 0.2) is 0 Å². The monoisotopic (exact) mass is 256 g/mol. The van der Waals surface area contributed by atoms with Gasteiger partial charge in [0.05, 0.1) is 12.1 Å². The zero-order chi connectivity index (χ0) is 12.9. The number of hydrogen-bond acceptors (Lipinski definition) is 4. The minimum Gasteiger partial charge on any atom is -0.389 e. The number of thiazole rings is 1. The van der Waals surface area contributed by atoms with Crippen LogP contribution in [0.25, 0.3) is 0 Å². The van der Waals surface area contributed by atoms with Gasteiger partial charge in [-0.2, -0.15) is 0 Å². The SMILES string of the molecule is CCc1cnc(CN(C)CC(O)(CC)CC)s1. The highest BCUT2D eigenvalue weighted by Crippen LogP contribution is 2.19. The fourth-order valence-corrected chi connectivity index (χ4v) is 2.79. The summed E-state index contributed by atoms with van der Waals surface area (Å²) in [5.41, 5.74) is -0.556. The van der Waals surface area contributed by atoms with Crippen LogP contribution in [-0.4, -0.2) is 34.2 Å². The van der Waals surface area contributed by atoms with Crippen LogP contribution in [0.2, 0.25) is 0 Å². The van der Waals surface area contributed by atoms with Crippen LogP contribution in [-0.2, 0) is 13.0 Å². The summed E-state index contributed by atoms with van der Waals surface area (Å²) in [6.45, 7) is 7.76. The minimum absolute atomic E-state index is 0.556. The summed E-state index contributed by atoms with van der Waals surface area (Å²) in [7, 11) is 2.04. The van der Waals surface area contributed by atoms with E-state index in [1.54, 1.807) is 11.3 Å². The van der Waals surface area contributed by atoms with Crippen LogP contribution in [0, 0.1) is 0 Å². The zero-order valence-corrected chi connectivity index (χ0v) is 12.2. The molecule has 98 valence electrons. The third-order valence-electron chi connectivity index (χ3n) is 3.24. The number of likely N-dealkylation sites (N-methyl/N-ethyl adjacent to an activating group) is 1. The van der Waals surface area contributed by atoms with Crippen molar-refractivity contribution in [2.75, 3.05) is 13.6 Å². The van der Waals surface area contributed by atoms with E-state index in [0.29, 0.717) is 6.54 Å². The van der Waals surface area contributed by atoms with Crippen LogP contribution < -0.4 is 0 Å². The second kappa shape index (κ2) is 6.47. The van der Waals surface area contributed by atoms with Crippen LogP contribution in [0.5, 0.6) is 0 Å². The average molecular weight is 256 g/mol. The summed E-state index contributed by atoms with van der Waals surface area (Å²) < 4.78 is 0. The summed E-state index contributed by atoms with van der Waals surface area (Å²) in [6.07, 6.45) is 4.60. The second-order valence-electron chi connectivity index (χ2n) is 4.68. The average Bonchev–Trinajstić information content (AvgIpc) is 2.76. The third-order valence-corrected chi connectivity index (χ3v) is 4.36. The Morgan fingerprint density at radius 3 is 2.47 bits per heavy atom. The Morgan fingerprint density at radius 1 is 1.35 bits per heavy atom. The molecule has 1 N–H and O–H groups in total. The lowest BCUT2D eigenvalue weighted by atomic mass is 9.97. The summed E-state index contributed by atoms with van der Waals surface area (Å²) in [5.74, 6) is 0. The van der Waals surface area contributed by atoms with Crippen molar-refractivity contribution in [2.45, 2.75) is 52.2 Å². The van der Waals surface area contributed by atoms with Crippen LogP contribution in [0.15, 0.2) is 6.20 Å². The van der Waals surface area contributed by atoms with Crippen LogP contribution in [0.1, 0.15) is 43.5 Å². The summed E-state index contributed by atoms with van der Waals surface area (Å²) in [5, 5.41) is 11.4. The molecule has 3 nitrogen and oxygen atoms in total. The van der Waals surface area contributed by atoms with Crippen molar-refractivity contribution in [3.63, 3.8) is 0 Å². The van der Waals surface area contributed by atoms with Gasteiger partial charge in [-0.3, -0.25) is 4.90 Å². The molecule has 0 aliphatic heterocycles. The number of rotatable bonds is 7. The second-order valence-corrected chi connectivity index (χ2v) is 5.88. The minimum atomic E-state index is -0.556. The molecule has 0 saturated carbocycles. The summed E-state index contributed by atoms with van der Waals surface area (Å²) in [6, 6.07) is 0. The Balaban J connectivity index is 2.51. The lowest BCUT2D eigenvalue weighted by Gasteiger charge is -2.30. The molecule has 0 amide bonds. The van der Waals surface area contributed by atoms with Crippen molar-refractivity contribution in [3.05, 3.63) is 16.1 Å². The lowest BCUT2D eigenvalue weighted by Crippen LogP contribution is -2.40. The van der Waals surface area contributed by atoms with E-state index in [1.165, 1.54) is 4.88 Å². The number of aryl methyl sites for hydroxylation is 1. The highest BCUT2D eigenvalue weighted by molar-refractivity contribution is 7.11. The van der Waals surface area contributed by atoms with Gasteiger partial charge in [-0.25, -0.2) is 4.98 Å². The highest BCUT2D eigenvalue weighted by Gasteiger charge is 2.24. The zero-order valence-electron chi connectivity index (χ0n) is 11.4. The topological polar surface area (TPSA) is 36.4 Å². The molecule has 1 rings (SSSR count). The van der Waals surface area contributed by atoms with Crippen LogP contribution in [0.3, 0.4) is 0 Å². The lowest BCUT2D eigenvalue weighted by molar-refractivity contribution is 0.00130. The summed E-state index contributed by atoms with van der Waals surface area (Å²) in [4.78, 5) is 7.89. The predicted octanol–water partition coefficient (Wildman–Crippen LogP) is 2.69. The molecule has 0 aliphatic carbocycles.